The number of hydrogen-bond acceptors (Lipinski definition) is 3. The molecule has 1 aliphatic rings. The molecule has 5 heteroatoms. The molecule has 80 valence electrons. The normalized spacial score (nSPS) is 21.1. The molecule has 1 aromatic rings. The molecule has 2 heterocycles. The first-order chi connectivity index (χ1) is 7.08. The number of halogens is 1. The summed E-state index contributed by atoms with van der Waals surface area (Å²) in [5.74, 6) is 0.574. The van der Waals surface area contributed by atoms with E-state index < -0.39 is 6.10 Å². The molecular weight excluding hydrogens is 307 g/mol. The highest BCUT2D eigenvalue weighted by atomic mass is 127. The highest BCUT2D eigenvalue weighted by molar-refractivity contribution is 14.1. The second-order valence-corrected chi connectivity index (χ2v) is 4.82. The van der Waals surface area contributed by atoms with Crippen molar-refractivity contribution >= 4 is 34.3 Å². The summed E-state index contributed by atoms with van der Waals surface area (Å²) in [6, 6.07) is 1.87. The van der Waals surface area contributed by atoms with Gasteiger partial charge in [-0.1, -0.05) is 0 Å². The fraction of sp³-hybridized carbons (Fsp3) is 0.400. The van der Waals surface area contributed by atoms with E-state index in [1.54, 1.807) is 6.20 Å². The third-order valence-electron chi connectivity index (χ3n) is 2.41. The number of β-amino-alcohol motifs (C(OH)–C–C–N with tert-alkyl or cyclic N) is 1. The summed E-state index contributed by atoms with van der Waals surface area (Å²) in [7, 11) is 0. The van der Waals surface area contributed by atoms with Gasteiger partial charge in [-0.05, 0) is 41.1 Å². The van der Waals surface area contributed by atoms with E-state index in [1.807, 2.05) is 13.0 Å². The van der Waals surface area contributed by atoms with Crippen LogP contribution in [0.2, 0.25) is 0 Å². The maximum atomic E-state index is 11.5. The lowest BCUT2D eigenvalue weighted by atomic mass is 10.3. The molecule has 0 radical (unpaired) electrons. The molecule has 0 aliphatic carbocycles. The third kappa shape index (κ3) is 2.12. The van der Waals surface area contributed by atoms with Crippen LogP contribution < -0.4 is 4.90 Å². The van der Waals surface area contributed by atoms with Crippen molar-refractivity contribution in [1.82, 2.24) is 4.98 Å². The predicted octanol–water partition coefficient (Wildman–Crippen LogP) is 1.09. The van der Waals surface area contributed by atoms with Gasteiger partial charge in [0.05, 0.1) is 19.1 Å². The topological polar surface area (TPSA) is 53.4 Å². The average Bonchev–Trinajstić information content (AvgIpc) is 2.50. The quantitative estimate of drug-likeness (QED) is 0.789. The van der Waals surface area contributed by atoms with Crippen molar-refractivity contribution in [2.75, 3.05) is 11.4 Å². The number of aliphatic hydroxyl groups excluding tert-OH is 1. The summed E-state index contributed by atoms with van der Waals surface area (Å²) in [5, 5.41) is 9.36. The molecule has 0 saturated carbocycles. The number of aliphatic hydroxyl groups is 1. The lowest BCUT2D eigenvalue weighted by Gasteiger charge is -2.15. The highest BCUT2D eigenvalue weighted by Crippen LogP contribution is 2.22. The summed E-state index contributed by atoms with van der Waals surface area (Å²) < 4.78 is 1.07. The molecule has 1 fully saturated rings. The van der Waals surface area contributed by atoms with Gasteiger partial charge < -0.3 is 5.11 Å². The second kappa shape index (κ2) is 4.05. The van der Waals surface area contributed by atoms with Gasteiger partial charge in [0.1, 0.15) is 5.82 Å². The van der Waals surface area contributed by atoms with Crippen molar-refractivity contribution in [2.24, 2.45) is 0 Å². The minimum absolute atomic E-state index is 0.0596. The molecule has 0 spiro atoms. The first kappa shape index (κ1) is 10.8. The number of nitrogens with zero attached hydrogens (tertiary/aromatic N) is 2. The minimum atomic E-state index is -0.557. The molecule has 4 nitrogen and oxygen atoms in total. The Bertz CT molecular complexity index is 408. The van der Waals surface area contributed by atoms with Crippen LogP contribution >= 0.6 is 22.6 Å². The predicted molar refractivity (Wildman–Crippen MR) is 64.7 cm³/mol. The van der Waals surface area contributed by atoms with Crippen LogP contribution in [-0.4, -0.2) is 28.6 Å². The Morgan fingerprint density at radius 1 is 1.67 bits per heavy atom. The van der Waals surface area contributed by atoms with E-state index in [0.29, 0.717) is 12.4 Å². The monoisotopic (exact) mass is 318 g/mol. The smallest absolute Gasteiger partial charge is 0.230 e. The Morgan fingerprint density at radius 2 is 2.40 bits per heavy atom. The minimum Gasteiger partial charge on any atom is -0.391 e. The van der Waals surface area contributed by atoms with Gasteiger partial charge in [0.2, 0.25) is 5.91 Å². The Hall–Kier alpha value is -0.690. The molecule has 1 atom stereocenters. The van der Waals surface area contributed by atoms with E-state index in [9.17, 15) is 9.90 Å². The van der Waals surface area contributed by atoms with Gasteiger partial charge in [0.25, 0.3) is 0 Å². The SMILES string of the molecule is Cc1cc(N2CC(O)CC2=O)ncc1I. The van der Waals surface area contributed by atoms with Gasteiger partial charge >= 0.3 is 0 Å². The molecule has 1 aliphatic heterocycles. The zero-order valence-electron chi connectivity index (χ0n) is 8.27. The largest absolute Gasteiger partial charge is 0.391 e. The lowest BCUT2D eigenvalue weighted by molar-refractivity contribution is -0.117. The molecule has 1 N–H and O–H groups in total. The van der Waals surface area contributed by atoms with Gasteiger partial charge in [-0.2, -0.15) is 0 Å². The van der Waals surface area contributed by atoms with E-state index in [0.717, 1.165) is 9.13 Å². The fourth-order valence-corrected chi connectivity index (χ4v) is 1.88. The summed E-state index contributed by atoms with van der Waals surface area (Å²) in [5.41, 5.74) is 1.09. The van der Waals surface area contributed by atoms with Crippen molar-refractivity contribution < 1.29 is 9.90 Å². The number of pyridine rings is 1. The van der Waals surface area contributed by atoms with Crippen LogP contribution in [0.5, 0.6) is 0 Å². The van der Waals surface area contributed by atoms with Crippen molar-refractivity contribution in [2.45, 2.75) is 19.4 Å². The Labute approximate surface area is 101 Å². The zero-order chi connectivity index (χ0) is 11.0. The third-order valence-corrected chi connectivity index (χ3v) is 3.54. The molecule has 15 heavy (non-hydrogen) atoms. The second-order valence-electron chi connectivity index (χ2n) is 3.65. The Balaban J connectivity index is 2.30. The molecule has 0 aromatic carbocycles. The molecule has 1 aromatic heterocycles. The number of rotatable bonds is 1. The molecule has 1 amide bonds. The standard InChI is InChI=1S/C10H11IN2O2/c1-6-2-9(12-4-8(6)11)13-5-7(14)3-10(13)15/h2,4,7,14H,3,5H2,1H3. The maximum absolute atomic E-state index is 11.5. The molecule has 1 unspecified atom stereocenters. The number of carbonyl (C=O) groups excluding carboxylic acids is 1. The molecular formula is C10H11IN2O2. The molecule has 2 rings (SSSR count). The maximum Gasteiger partial charge on any atom is 0.230 e. The van der Waals surface area contributed by atoms with E-state index in [2.05, 4.69) is 27.6 Å². The van der Waals surface area contributed by atoms with Crippen LogP contribution in [0.3, 0.4) is 0 Å². The van der Waals surface area contributed by atoms with Crippen LogP contribution in [0.1, 0.15) is 12.0 Å². The summed E-state index contributed by atoms with van der Waals surface area (Å²) in [4.78, 5) is 17.2. The zero-order valence-corrected chi connectivity index (χ0v) is 10.4. The Morgan fingerprint density at radius 3 is 2.93 bits per heavy atom. The van der Waals surface area contributed by atoms with Crippen molar-refractivity contribution in [3.8, 4) is 0 Å². The Kier molecular flexibility index (Phi) is 2.92. The van der Waals surface area contributed by atoms with Crippen LogP contribution in [0, 0.1) is 10.5 Å². The number of amides is 1. The molecule has 1 saturated heterocycles. The molecule has 0 bridgehead atoms. The van der Waals surface area contributed by atoms with E-state index >= 15 is 0 Å². The van der Waals surface area contributed by atoms with Crippen molar-refractivity contribution in [1.29, 1.82) is 0 Å². The van der Waals surface area contributed by atoms with Crippen LogP contribution in [-0.2, 0) is 4.79 Å². The van der Waals surface area contributed by atoms with Gasteiger partial charge in [0.15, 0.2) is 0 Å². The highest BCUT2D eigenvalue weighted by Gasteiger charge is 2.29. The van der Waals surface area contributed by atoms with E-state index in [1.165, 1.54) is 4.90 Å². The van der Waals surface area contributed by atoms with Gasteiger partial charge in [-0.3, -0.25) is 9.69 Å². The van der Waals surface area contributed by atoms with Gasteiger partial charge in [-0.25, -0.2) is 4.98 Å². The number of carbonyl (C=O) groups is 1. The average molecular weight is 318 g/mol. The van der Waals surface area contributed by atoms with Crippen molar-refractivity contribution in [3.63, 3.8) is 0 Å². The van der Waals surface area contributed by atoms with E-state index in [-0.39, 0.29) is 12.3 Å². The number of hydrogen-bond donors (Lipinski definition) is 1. The van der Waals surface area contributed by atoms with Crippen LogP contribution in [0.4, 0.5) is 5.82 Å². The number of anilines is 1. The van der Waals surface area contributed by atoms with Gasteiger partial charge in [-0.15, -0.1) is 0 Å². The van der Waals surface area contributed by atoms with Crippen LogP contribution in [0.15, 0.2) is 12.3 Å². The number of aromatic nitrogens is 1. The summed E-state index contributed by atoms with van der Waals surface area (Å²) in [6.45, 7) is 2.33. The lowest BCUT2D eigenvalue weighted by Crippen LogP contribution is -2.26. The van der Waals surface area contributed by atoms with Gasteiger partial charge in [0, 0.05) is 9.77 Å². The van der Waals surface area contributed by atoms with Crippen molar-refractivity contribution in [3.05, 3.63) is 21.4 Å². The fourth-order valence-electron chi connectivity index (χ4n) is 1.58. The summed E-state index contributed by atoms with van der Waals surface area (Å²) in [6.07, 6.45) is 1.38. The first-order valence-corrected chi connectivity index (χ1v) is 5.76. The van der Waals surface area contributed by atoms with Crippen LogP contribution in [0.25, 0.3) is 0 Å². The summed E-state index contributed by atoms with van der Waals surface area (Å²) >= 11 is 2.20. The van der Waals surface area contributed by atoms with E-state index in [4.69, 9.17) is 0 Å². The first-order valence-electron chi connectivity index (χ1n) is 4.68. The number of aryl methyl sites for hydroxylation is 1.